The summed E-state index contributed by atoms with van der Waals surface area (Å²) in [7, 11) is 0. The Morgan fingerprint density at radius 3 is 3.00 bits per heavy atom. The topological polar surface area (TPSA) is 70.8 Å². The van der Waals surface area contributed by atoms with E-state index in [-0.39, 0.29) is 18.2 Å². The van der Waals surface area contributed by atoms with Gasteiger partial charge in [0.15, 0.2) is 5.76 Å². The van der Waals surface area contributed by atoms with Crippen LogP contribution in [0.1, 0.15) is 29.8 Å². The number of aliphatic carboxylic acids is 1. The van der Waals surface area contributed by atoms with Gasteiger partial charge in [0.2, 0.25) is 0 Å². The number of hydrogen-bond donors (Lipinski definition) is 1. The van der Waals surface area contributed by atoms with E-state index in [4.69, 9.17) is 9.52 Å². The Bertz CT molecular complexity index is 399. The number of carboxylic acids is 1. The minimum atomic E-state index is -0.803. The van der Waals surface area contributed by atoms with Crippen molar-refractivity contribution < 1.29 is 19.1 Å². The highest BCUT2D eigenvalue weighted by Crippen LogP contribution is 2.21. The van der Waals surface area contributed by atoms with Gasteiger partial charge < -0.3 is 14.4 Å². The van der Waals surface area contributed by atoms with Gasteiger partial charge in [-0.05, 0) is 30.9 Å². The maximum absolute atomic E-state index is 12.0. The van der Waals surface area contributed by atoms with Gasteiger partial charge in [0.25, 0.3) is 5.91 Å². The first kappa shape index (κ1) is 11.7. The highest BCUT2D eigenvalue weighted by molar-refractivity contribution is 5.91. The molecule has 1 unspecified atom stereocenters. The molecule has 1 amide bonds. The number of furan rings is 1. The number of amides is 1. The maximum Gasteiger partial charge on any atom is 0.303 e. The molecule has 5 nitrogen and oxygen atoms in total. The highest BCUT2D eigenvalue weighted by Gasteiger charge is 2.26. The van der Waals surface area contributed by atoms with Crippen molar-refractivity contribution in [2.45, 2.75) is 19.3 Å². The first-order valence-electron chi connectivity index (χ1n) is 5.71. The van der Waals surface area contributed by atoms with Gasteiger partial charge in [0.05, 0.1) is 6.26 Å². The molecule has 92 valence electrons. The first-order valence-corrected chi connectivity index (χ1v) is 5.71. The number of carbonyl (C=O) groups excluding carboxylic acids is 1. The van der Waals surface area contributed by atoms with Crippen LogP contribution < -0.4 is 0 Å². The van der Waals surface area contributed by atoms with Crippen molar-refractivity contribution in [3.63, 3.8) is 0 Å². The van der Waals surface area contributed by atoms with Gasteiger partial charge in [-0.1, -0.05) is 0 Å². The van der Waals surface area contributed by atoms with Crippen LogP contribution in [-0.2, 0) is 4.79 Å². The zero-order valence-electron chi connectivity index (χ0n) is 9.46. The minimum absolute atomic E-state index is 0.0557. The molecule has 0 spiro atoms. The lowest BCUT2D eigenvalue weighted by Crippen LogP contribution is -2.40. The molecule has 1 atom stereocenters. The van der Waals surface area contributed by atoms with Gasteiger partial charge in [0, 0.05) is 19.5 Å². The van der Waals surface area contributed by atoms with Gasteiger partial charge in [-0.15, -0.1) is 0 Å². The summed E-state index contributed by atoms with van der Waals surface area (Å²) in [6, 6.07) is 3.30. The van der Waals surface area contributed by atoms with E-state index in [0.717, 1.165) is 12.8 Å². The fourth-order valence-electron chi connectivity index (χ4n) is 2.22. The van der Waals surface area contributed by atoms with Gasteiger partial charge in [-0.2, -0.15) is 0 Å². The molecular weight excluding hydrogens is 222 g/mol. The Morgan fingerprint density at radius 1 is 1.53 bits per heavy atom. The average Bonchev–Trinajstić information content (AvgIpc) is 2.81. The second-order valence-corrected chi connectivity index (χ2v) is 4.33. The molecule has 1 saturated heterocycles. The van der Waals surface area contributed by atoms with E-state index in [1.807, 2.05) is 0 Å². The summed E-state index contributed by atoms with van der Waals surface area (Å²) in [6.45, 7) is 1.18. The standard InChI is InChI=1S/C12H15NO4/c14-11(15)7-9-3-1-5-13(8-9)12(16)10-4-2-6-17-10/h2,4,6,9H,1,3,5,7-8H2,(H,14,15). The maximum atomic E-state index is 12.0. The monoisotopic (exact) mass is 237 g/mol. The lowest BCUT2D eigenvalue weighted by molar-refractivity contribution is -0.138. The molecule has 1 aromatic rings. The third-order valence-corrected chi connectivity index (χ3v) is 3.00. The number of hydrogen-bond acceptors (Lipinski definition) is 3. The Hall–Kier alpha value is -1.78. The van der Waals surface area contributed by atoms with E-state index in [9.17, 15) is 9.59 Å². The third kappa shape index (κ3) is 2.87. The summed E-state index contributed by atoms with van der Waals surface area (Å²) in [5, 5.41) is 8.75. The van der Waals surface area contributed by atoms with Crippen LogP contribution in [-0.4, -0.2) is 35.0 Å². The van der Waals surface area contributed by atoms with Crippen LogP contribution in [0.3, 0.4) is 0 Å². The van der Waals surface area contributed by atoms with Crippen molar-refractivity contribution in [2.75, 3.05) is 13.1 Å². The van der Waals surface area contributed by atoms with Crippen LogP contribution in [0.4, 0.5) is 0 Å². The first-order chi connectivity index (χ1) is 8.16. The molecule has 2 rings (SSSR count). The van der Waals surface area contributed by atoms with Gasteiger partial charge in [0.1, 0.15) is 0 Å². The molecule has 5 heteroatoms. The van der Waals surface area contributed by atoms with Crippen LogP contribution in [0.15, 0.2) is 22.8 Å². The van der Waals surface area contributed by atoms with E-state index in [1.54, 1.807) is 17.0 Å². The van der Waals surface area contributed by atoms with Crippen LogP contribution in [0.25, 0.3) is 0 Å². The fourth-order valence-corrected chi connectivity index (χ4v) is 2.22. The molecule has 1 fully saturated rings. The molecule has 17 heavy (non-hydrogen) atoms. The molecule has 0 radical (unpaired) electrons. The van der Waals surface area contributed by atoms with Crippen molar-refractivity contribution in [1.82, 2.24) is 4.90 Å². The van der Waals surface area contributed by atoms with E-state index < -0.39 is 5.97 Å². The van der Waals surface area contributed by atoms with Crippen LogP contribution in [0.2, 0.25) is 0 Å². The summed E-state index contributed by atoms with van der Waals surface area (Å²) in [4.78, 5) is 24.3. The number of likely N-dealkylation sites (tertiary alicyclic amines) is 1. The summed E-state index contributed by atoms with van der Waals surface area (Å²) in [5.41, 5.74) is 0. The lowest BCUT2D eigenvalue weighted by Gasteiger charge is -2.31. The van der Waals surface area contributed by atoms with Crippen LogP contribution >= 0.6 is 0 Å². The summed E-state index contributed by atoms with van der Waals surface area (Å²) < 4.78 is 5.06. The predicted molar refractivity (Wildman–Crippen MR) is 59.6 cm³/mol. The second kappa shape index (κ2) is 5.03. The SMILES string of the molecule is O=C(O)CC1CCCN(C(=O)c2ccco2)C1. The zero-order chi connectivity index (χ0) is 12.3. The molecular formula is C12H15NO4. The normalized spacial score (nSPS) is 20.2. The van der Waals surface area contributed by atoms with Crippen molar-refractivity contribution in [1.29, 1.82) is 0 Å². The summed E-state index contributed by atoms with van der Waals surface area (Å²) in [6.07, 6.45) is 3.31. The van der Waals surface area contributed by atoms with Gasteiger partial charge >= 0.3 is 5.97 Å². The molecule has 1 aliphatic heterocycles. The van der Waals surface area contributed by atoms with E-state index in [0.29, 0.717) is 18.8 Å². The van der Waals surface area contributed by atoms with Crippen LogP contribution in [0.5, 0.6) is 0 Å². The molecule has 1 aromatic heterocycles. The Balaban J connectivity index is 1.97. The summed E-state index contributed by atoms with van der Waals surface area (Å²) >= 11 is 0. The number of carbonyl (C=O) groups is 2. The number of carboxylic acid groups (broad SMARTS) is 1. The smallest absolute Gasteiger partial charge is 0.303 e. The van der Waals surface area contributed by atoms with Crippen LogP contribution in [0, 0.1) is 5.92 Å². The zero-order valence-corrected chi connectivity index (χ0v) is 9.46. The Morgan fingerprint density at radius 2 is 2.35 bits per heavy atom. The van der Waals surface area contributed by atoms with E-state index >= 15 is 0 Å². The van der Waals surface area contributed by atoms with Crippen molar-refractivity contribution in [3.8, 4) is 0 Å². The number of piperidine rings is 1. The van der Waals surface area contributed by atoms with Gasteiger partial charge in [-0.25, -0.2) is 0 Å². The molecule has 0 bridgehead atoms. The summed E-state index contributed by atoms with van der Waals surface area (Å²) in [5.74, 6) is -0.575. The Kier molecular flexibility index (Phi) is 3.46. The lowest BCUT2D eigenvalue weighted by atomic mass is 9.95. The van der Waals surface area contributed by atoms with E-state index in [2.05, 4.69) is 0 Å². The van der Waals surface area contributed by atoms with Crippen molar-refractivity contribution in [3.05, 3.63) is 24.2 Å². The van der Waals surface area contributed by atoms with Crippen molar-refractivity contribution >= 4 is 11.9 Å². The minimum Gasteiger partial charge on any atom is -0.481 e. The average molecular weight is 237 g/mol. The van der Waals surface area contributed by atoms with E-state index in [1.165, 1.54) is 6.26 Å². The molecule has 0 aliphatic carbocycles. The fraction of sp³-hybridized carbons (Fsp3) is 0.500. The Labute approximate surface area is 99.0 Å². The molecule has 0 saturated carbocycles. The molecule has 1 aliphatic rings. The molecule has 0 aromatic carbocycles. The number of nitrogens with zero attached hydrogens (tertiary/aromatic N) is 1. The predicted octanol–water partition coefficient (Wildman–Crippen LogP) is 1.61. The highest BCUT2D eigenvalue weighted by atomic mass is 16.4. The number of rotatable bonds is 3. The largest absolute Gasteiger partial charge is 0.481 e. The van der Waals surface area contributed by atoms with Gasteiger partial charge in [-0.3, -0.25) is 9.59 Å². The third-order valence-electron chi connectivity index (χ3n) is 3.00. The molecule has 2 heterocycles. The molecule has 1 N–H and O–H groups in total. The quantitative estimate of drug-likeness (QED) is 0.866. The van der Waals surface area contributed by atoms with Crippen molar-refractivity contribution in [2.24, 2.45) is 5.92 Å². The second-order valence-electron chi connectivity index (χ2n) is 4.33.